The maximum absolute atomic E-state index is 11.3. The molecule has 1 N–H and O–H groups in total. The summed E-state index contributed by atoms with van der Waals surface area (Å²) in [4.78, 5) is -0.166. The SMILES string of the molecule is CCCCCCCCCCc1ccccc1Oc1cccc(S(=O)(=O)O)c1. The van der Waals surface area contributed by atoms with Crippen molar-refractivity contribution < 1.29 is 17.7 Å². The highest BCUT2D eigenvalue weighted by atomic mass is 32.2. The van der Waals surface area contributed by atoms with Crippen LogP contribution in [0.25, 0.3) is 0 Å². The van der Waals surface area contributed by atoms with E-state index in [1.165, 1.54) is 57.1 Å². The predicted molar refractivity (Wildman–Crippen MR) is 109 cm³/mol. The van der Waals surface area contributed by atoms with E-state index in [0.29, 0.717) is 5.75 Å². The van der Waals surface area contributed by atoms with Gasteiger partial charge in [-0.3, -0.25) is 4.55 Å². The molecule has 0 aliphatic rings. The van der Waals surface area contributed by atoms with Crippen LogP contribution in [0.3, 0.4) is 0 Å². The number of rotatable bonds is 12. The van der Waals surface area contributed by atoms with Crippen LogP contribution >= 0.6 is 0 Å². The first-order valence-electron chi connectivity index (χ1n) is 9.84. The summed E-state index contributed by atoms with van der Waals surface area (Å²) >= 11 is 0. The molecular formula is C22H30O4S. The van der Waals surface area contributed by atoms with E-state index in [2.05, 4.69) is 6.92 Å². The minimum Gasteiger partial charge on any atom is -0.457 e. The van der Waals surface area contributed by atoms with Gasteiger partial charge in [0.25, 0.3) is 10.1 Å². The third-order valence-electron chi connectivity index (χ3n) is 4.60. The van der Waals surface area contributed by atoms with Gasteiger partial charge in [0.15, 0.2) is 0 Å². The summed E-state index contributed by atoms with van der Waals surface area (Å²) in [5.41, 5.74) is 1.11. The van der Waals surface area contributed by atoms with Gasteiger partial charge in [-0.1, -0.05) is 76.1 Å². The Kier molecular flexibility index (Phi) is 8.82. The molecule has 148 valence electrons. The monoisotopic (exact) mass is 390 g/mol. The molecule has 4 nitrogen and oxygen atoms in total. The van der Waals surface area contributed by atoms with Crippen molar-refractivity contribution in [1.29, 1.82) is 0 Å². The molecule has 0 saturated heterocycles. The van der Waals surface area contributed by atoms with Crippen LogP contribution < -0.4 is 4.74 Å². The number of hydrogen-bond acceptors (Lipinski definition) is 3. The number of benzene rings is 2. The number of ether oxygens (including phenoxy) is 1. The van der Waals surface area contributed by atoms with Crippen LogP contribution in [0.2, 0.25) is 0 Å². The van der Waals surface area contributed by atoms with Crippen molar-refractivity contribution >= 4 is 10.1 Å². The van der Waals surface area contributed by atoms with Crippen LogP contribution in [-0.2, 0) is 16.5 Å². The average Bonchev–Trinajstić information content (AvgIpc) is 2.65. The third kappa shape index (κ3) is 7.73. The molecule has 2 rings (SSSR count). The van der Waals surface area contributed by atoms with Crippen LogP contribution in [0.1, 0.15) is 63.9 Å². The Balaban J connectivity index is 1.89. The van der Waals surface area contributed by atoms with Gasteiger partial charge in [0.05, 0.1) is 4.90 Å². The summed E-state index contributed by atoms with van der Waals surface area (Å²) in [7, 11) is -4.24. The molecule has 0 atom stereocenters. The summed E-state index contributed by atoms with van der Waals surface area (Å²) in [5.74, 6) is 1.13. The van der Waals surface area contributed by atoms with Gasteiger partial charge in [-0.25, -0.2) is 0 Å². The van der Waals surface area contributed by atoms with Crippen LogP contribution in [0.5, 0.6) is 11.5 Å². The van der Waals surface area contributed by atoms with Crippen molar-refractivity contribution in [3.05, 3.63) is 54.1 Å². The predicted octanol–water partition coefficient (Wildman–Crippen LogP) is 6.41. The molecule has 0 amide bonds. The molecule has 0 fully saturated rings. The van der Waals surface area contributed by atoms with E-state index in [1.54, 1.807) is 12.1 Å². The first kappa shape index (κ1) is 21.5. The lowest BCUT2D eigenvalue weighted by Gasteiger charge is -2.12. The highest BCUT2D eigenvalue weighted by molar-refractivity contribution is 7.85. The van der Waals surface area contributed by atoms with Gasteiger partial charge in [-0.15, -0.1) is 0 Å². The third-order valence-corrected chi connectivity index (χ3v) is 5.45. The van der Waals surface area contributed by atoms with E-state index in [4.69, 9.17) is 4.74 Å². The normalized spacial score (nSPS) is 11.5. The molecule has 0 aliphatic carbocycles. The fourth-order valence-corrected chi connectivity index (χ4v) is 3.60. The van der Waals surface area contributed by atoms with Gasteiger partial charge in [-0.05, 0) is 36.6 Å². The fourth-order valence-electron chi connectivity index (χ4n) is 3.08. The van der Waals surface area contributed by atoms with Crippen LogP contribution in [0.4, 0.5) is 0 Å². The van der Waals surface area contributed by atoms with Crippen molar-refractivity contribution in [3.8, 4) is 11.5 Å². The minimum absolute atomic E-state index is 0.166. The van der Waals surface area contributed by atoms with Crippen molar-refractivity contribution in [2.45, 2.75) is 69.6 Å². The highest BCUT2D eigenvalue weighted by Crippen LogP contribution is 2.28. The van der Waals surface area contributed by atoms with Gasteiger partial charge in [-0.2, -0.15) is 8.42 Å². The molecule has 0 aromatic heterocycles. The smallest absolute Gasteiger partial charge is 0.294 e. The van der Waals surface area contributed by atoms with Crippen molar-refractivity contribution in [2.24, 2.45) is 0 Å². The van der Waals surface area contributed by atoms with E-state index < -0.39 is 10.1 Å². The summed E-state index contributed by atoms with van der Waals surface area (Å²) in [6, 6.07) is 13.7. The van der Waals surface area contributed by atoms with E-state index in [0.717, 1.165) is 24.2 Å². The quantitative estimate of drug-likeness (QED) is 0.336. The second-order valence-corrected chi connectivity index (χ2v) is 8.31. The Bertz CT molecular complexity index is 799. The lowest BCUT2D eigenvalue weighted by Crippen LogP contribution is -1.98. The first-order chi connectivity index (χ1) is 13.0. The molecule has 0 spiro atoms. The molecule has 0 heterocycles. The average molecular weight is 391 g/mol. The minimum atomic E-state index is -4.24. The Morgan fingerprint density at radius 1 is 0.852 bits per heavy atom. The molecule has 0 bridgehead atoms. The lowest BCUT2D eigenvalue weighted by atomic mass is 10.0. The molecule has 0 aliphatic heterocycles. The van der Waals surface area contributed by atoms with Gasteiger partial charge >= 0.3 is 0 Å². The summed E-state index contributed by atoms with van der Waals surface area (Å²) < 4.78 is 37.7. The van der Waals surface area contributed by atoms with Crippen LogP contribution in [0, 0.1) is 0 Å². The standard InChI is InChI=1S/C22H30O4S/c1-2-3-4-5-6-7-8-9-13-19-14-10-11-17-22(19)26-20-15-12-16-21(18-20)27(23,24)25/h10-12,14-18H,2-9,13H2,1H3,(H,23,24,25). The largest absolute Gasteiger partial charge is 0.457 e. The zero-order valence-electron chi connectivity index (χ0n) is 16.1. The van der Waals surface area contributed by atoms with Gasteiger partial charge < -0.3 is 4.74 Å². The maximum Gasteiger partial charge on any atom is 0.294 e. The van der Waals surface area contributed by atoms with Crippen LogP contribution in [0.15, 0.2) is 53.4 Å². The highest BCUT2D eigenvalue weighted by Gasteiger charge is 2.11. The van der Waals surface area contributed by atoms with Crippen molar-refractivity contribution in [2.75, 3.05) is 0 Å². The molecule has 2 aromatic rings. The summed E-state index contributed by atoms with van der Waals surface area (Å²) in [5, 5.41) is 0. The molecule has 0 saturated carbocycles. The van der Waals surface area contributed by atoms with E-state index in [1.807, 2.05) is 24.3 Å². The second kappa shape index (κ2) is 11.1. The number of para-hydroxylation sites is 1. The van der Waals surface area contributed by atoms with Gasteiger partial charge in [0.1, 0.15) is 11.5 Å². The Labute approximate surface area is 163 Å². The van der Waals surface area contributed by atoms with Gasteiger partial charge in [0, 0.05) is 6.07 Å². The van der Waals surface area contributed by atoms with Gasteiger partial charge in [0.2, 0.25) is 0 Å². The summed E-state index contributed by atoms with van der Waals surface area (Å²) in [6.07, 6.45) is 11.1. The Morgan fingerprint density at radius 2 is 1.52 bits per heavy atom. The number of aryl methyl sites for hydroxylation is 1. The molecule has 2 aromatic carbocycles. The second-order valence-electron chi connectivity index (χ2n) is 6.88. The topological polar surface area (TPSA) is 63.6 Å². The van der Waals surface area contributed by atoms with E-state index in [9.17, 15) is 13.0 Å². The van der Waals surface area contributed by atoms with E-state index in [-0.39, 0.29) is 4.90 Å². The molecule has 5 heteroatoms. The molecule has 0 radical (unpaired) electrons. The zero-order chi connectivity index (χ0) is 19.5. The Hall–Kier alpha value is -1.85. The fraction of sp³-hybridized carbons (Fsp3) is 0.455. The number of unbranched alkanes of at least 4 members (excludes halogenated alkanes) is 7. The molecule has 0 unspecified atom stereocenters. The Morgan fingerprint density at radius 3 is 2.22 bits per heavy atom. The lowest BCUT2D eigenvalue weighted by molar-refractivity contribution is 0.466. The summed E-state index contributed by atoms with van der Waals surface area (Å²) in [6.45, 7) is 2.23. The van der Waals surface area contributed by atoms with Crippen molar-refractivity contribution in [3.63, 3.8) is 0 Å². The molecular weight excluding hydrogens is 360 g/mol. The molecule has 27 heavy (non-hydrogen) atoms. The van der Waals surface area contributed by atoms with E-state index >= 15 is 0 Å². The maximum atomic E-state index is 11.3. The van der Waals surface area contributed by atoms with Crippen molar-refractivity contribution in [1.82, 2.24) is 0 Å². The zero-order valence-corrected chi connectivity index (χ0v) is 16.9. The van der Waals surface area contributed by atoms with Crippen LogP contribution in [-0.4, -0.2) is 13.0 Å². The first-order valence-corrected chi connectivity index (χ1v) is 11.3. The number of hydrogen-bond donors (Lipinski definition) is 1.